The first kappa shape index (κ1) is 16.4. The Hall–Kier alpha value is -0.610. The Balaban J connectivity index is 2.27. The lowest BCUT2D eigenvalue weighted by Crippen LogP contribution is -2.42. The summed E-state index contributed by atoms with van der Waals surface area (Å²) in [6.45, 7) is 11.7. The number of carbonyl (C=O) groups excluding carboxylic acids is 1. The van der Waals surface area contributed by atoms with E-state index in [-0.39, 0.29) is 12.4 Å². The van der Waals surface area contributed by atoms with Crippen molar-refractivity contribution in [3.05, 3.63) is 0 Å². The summed E-state index contributed by atoms with van der Waals surface area (Å²) in [5.41, 5.74) is 0.371. The minimum absolute atomic E-state index is 0.104. The Morgan fingerprint density at radius 1 is 1.37 bits per heavy atom. The summed E-state index contributed by atoms with van der Waals surface area (Å²) in [6, 6.07) is 0. The normalized spacial score (nSPS) is 20.3. The zero-order valence-corrected chi connectivity index (χ0v) is 12.8. The third-order valence-corrected chi connectivity index (χ3v) is 3.99. The van der Waals surface area contributed by atoms with E-state index in [9.17, 15) is 9.90 Å². The van der Waals surface area contributed by atoms with Crippen molar-refractivity contribution in [1.82, 2.24) is 4.90 Å². The Morgan fingerprint density at radius 3 is 2.42 bits per heavy atom. The number of esters is 1. The van der Waals surface area contributed by atoms with Crippen LogP contribution in [0.4, 0.5) is 0 Å². The lowest BCUT2D eigenvalue weighted by molar-refractivity contribution is -0.145. The molecule has 1 aliphatic rings. The smallest absolute Gasteiger partial charge is 0.308 e. The topological polar surface area (TPSA) is 49.8 Å². The van der Waals surface area contributed by atoms with Gasteiger partial charge in [0.25, 0.3) is 0 Å². The van der Waals surface area contributed by atoms with Crippen LogP contribution in [0.5, 0.6) is 0 Å². The van der Waals surface area contributed by atoms with Crippen molar-refractivity contribution in [3.8, 4) is 0 Å². The molecule has 1 unspecified atom stereocenters. The molecule has 112 valence electrons. The van der Waals surface area contributed by atoms with Gasteiger partial charge in [0.15, 0.2) is 0 Å². The van der Waals surface area contributed by atoms with E-state index in [1.807, 2.05) is 0 Å². The molecule has 1 heterocycles. The van der Waals surface area contributed by atoms with Gasteiger partial charge >= 0.3 is 5.97 Å². The number of hydrogen-bond donors (Lipinski definition) is 1. The largest absolute Gasteiger partial charge is 0.466 e. The Bertz CT molecular complexity index is 278. The summed E-state index contributed by atoms with van der Waals surface area (Å²) in [4.78, 5) is 13.5. The Morgan fingerprint density at radius 2 is 1.95 bits per heavy atom. The predicted molar refractivity (Wildman–Crippen MR) is 75.9 cm³/mol. The number of carbonyl (C=O) groups is 1. The van der Waals surface area contributed by atoms with Crippen molar-refractivity contribution in [1.29, 1.82) is 0 Å². The molecule has 0 aromatic rings. The van der Waals surface area contributed by atoms with Gasteiger partial charge in [0.2, 0.25) is 0 Å². The first-order chi connectivity index (χ1) is 8.82. The molecule has 4 nitrogen and oxygen atoms in total. The molecule has 4 heteroatoms. The van der Waals surface area contributed by atoms with E-state index in [1.165, 1.54) is 12.8 Å². The van der Waals surface area contributed by atoms with Gasteiger partial charge in [-0.25, -0.2) is 0 Å². The Kier molecular flexibility index (Phi) is 6.27. The van der Waals surface area contributed by atoms with Crippen LogP contribution in [0, 0.1) is 11.3 Å². The van der Waals surface area contributed by atoms with Gasteiger partial charge in [-0.2, -0.15) is 0 Å². The van der Waals surface area contributed by atoms with Gasteiger partial charge in [-0.3, -0.25) is 4.79 Å². The molecule has 19 heavy (non-hydrogen) atoms. The molecule has 0 aromatic carbocycles. The van der Waals surface area contributed by atoms with Crippen LogP contribution in [0.15, 0.2) is 0 Å². The van der Waals surface area contributed by atoms with Crippen LogP contribution < -0.4 is 0 Å². The van der Waals surface area contributed by atoms with Crippen LogP contribution in [0.2, 0.25) is 0 Å². The van der Waals surface area contributed by atoms with E-state index in [0.29, 0.717) is 18.6 Å². The van der Waals surface area contributed by atoms with Crippen molar-refractivity contribution >= 4 is 5.97 Å². The maximum Gasteiger partial charge on any atom is 0.308 e. The maximum atomic E-state index is 11.3. The standard InChI is InChI=1S/C15H29NO3/c1-5-19-14(18)10-13(17)11-16-8-6-12(7-9-16)15(2,3)4/h12-13,17H,5-11H2,1-4H3. The summed E-state index contributed by atoms with van der Waals surface area (Å²) in [7, 11) is 0. The molecule has 0 spiro atoms. The zero-order valence-electron chi connectivity index (χ0n) is 12.8. The van der Waals surface area contributed by atoms with Crippen molar-refractivity contribution in [2.75, 3.05) is 26.2 Å². The Labute approximate surface area is 117 Å². The molecular formula is C15H29NO3. The highest BCUT2D eigenvalue weighted by molar-refractivity contribution is 5.69. The summed E-state index contributed by atoms with van der Waals surface area (Å²) in [5, 5.41) is 9.88. The number of rotatable bonds is 5. The van der Waals surface area contributed by atoms with Gasteiger partial charge in [0.1, 0.15) is 0 Å². The van der Waals surface area contributed by atoms with E-state index in [1.54, 1.807) is 6.92 Å². The van der Waals surface area contributed by atoms with Crippen molar-refractivity contribution < 1.29 is 14.6 Å². The minimum atomic E-state index is -0.606. The predicted octanol–water partition coefficient (Wildman–Crippen LogP) is 2.06. The number of piperidine rings is 1. The number of likely N-dealkylation sites (tertiary alicyclic amines) is 1. The molecule has 1 saturated heterocycles. The number of ether oxygens (including phenoxy) is 1. The van der Waals surface area contributed by atoms with E-state index in [4.69, 9.17) is 4.74 Å². The van der Waals surface area contributed by atoms with Gasteiger partial charge in [-0.05, 0) is 44.2 Å². The second-order valence-electron chi connectivity index (χ2n) is 6.60. The van der Waals surface area contributed by atoms with Crippen LogP contribution in [0.3, 0.4) is 0 Å². The molecule has 0 aromatic heterocycles. The van der Waals surface area contributed by atoms with E-state index >= 15 is 0 Å². The number of nitrogens with zero attached hydrogens (tertiary/aromatic N) is 1. The molecule has 1 aliphatic heterocycles. The summed E-state index contributed by atoms with van der Waals surface area (Å²) < 4.78 is 4.85. The highest BCUT2D eigenvalue weighted by Gasteiger charge is 2.29. The molecule has 0 saturated carbocycles. The lowest BCUT2D eigenvalue weighted by atomic mass is 9.75. The molecular weight excluding hydrogens is 242 g/mol. The van der Waals surface area contributed by atoms with Crippen LogP contribution in [0.25, 0.3) is 0 Å². The van der Waals surface area contributed by atoms with E-state index in [0.717, 1.165) is 19.0 Å². The zero-order chi connectivity index (χ0) is 14.5. The van der Waals surface area contributed by atoms with Gasteiger partial charge < -0.3 is 14.7 Å². The minimum Gasteiger partial charge on any atom is -0.466 e. The van der Waals surface area contributed by atoms with Crippen LogP contribution in [-0.2, 0) is 9.53 Å². The van der Waals surface area contributed by atoms with Crippen molar-refractivity contribution in [3.63, 3.8) is 0 Å². The number of aliphatic hydroxyl groups excluding tert-OH is 1. The van der Waals surface area contributed by atoms with Crippen LogP contribution in [0.1, 0.15) is 47.0 Å². The molecule has 0 amide bonds. The first-order valence-corrected chi connectivity index (χ1v) is 7.39. The number of β-amino-alcohol motifs (C(OH)–C–C–N with tert-alkyl or cyclic N) is 1. The molecule has 1 atom stereocenters. The fourth-order valence-corrected chi connectivity index (χ4v) is 2.76. The summed E-state index contributed by atoms with van der Waals surface area (Å²) in [6.07, 6.45) is 1.85. The van der Waals surface area contributed by atoms with Gasteiger partial charge in [0.05, 0.1) is 19.1 Å². The third kappa shape index (κ3) is 5.91. The third-order valence-electron chi connectivity index (χ3n) is 3.99. The molecule has 1 N–H and O–H groups in total. The quantitative estimate of drug-likeness (QED) is 0.778. The second-order valence-corrected chi connectivity index (χ2v) is 6.60. The summed E-state index contributed by atoms with van der Waals surface area (Å²) >= 11 is 0. The van der Waals surface area contributed by atoms with Gasteiger partial charge in [0, 0.05) is 6.54 Å². The summed E-state index contributed by atoms with van der Waals surface area (Å²) in [5.74, 6) is 0.450. The van der Waals surface area contributed by atoms with Crippen LogP contribution in [-0.4, -0.2) is 48.3 Å². The van der Waals surface area contributed by atoms with Gasteiger partial charge in [-0.15, -0.1) is 0 Å². The molecule has 0 bridgehead atoms. The van der Waals surface area contributed by atoms with Gasteiger partial charge in [-0.1, -0.05) is 20.8 Å². The highest BCUT2D eigenvalue weighted by Crippen LogP contribution is 2.34. The number of aliphatic hydroxyl groups is 1. The monoisotopic (exact) mass is 271 g/mol. The fraction of sp³-hybridized carbons (Fsp3) is 0.933. The molecule has 0 radical (unpaired) electrons. The molecule has 1 fully saturated rings. The van der Waals surface area contributed by atoms with E-state index in [2.05, 4.69) is 25.7 Å². The number of hydrogen-bond acceptors (Lipinski definition) is 4. The molecule has 0 aliphatic carbocycles. The van der Waals surface area contributed by atoms with Crippen molar-refractivity contribution in [2.45, 2.75) is 53.1 Å². The lowest BCUT2D eigenvalue weighted by Gasteiger charge is -2.39. The molecule has 1 rings (SSSR count). The maximum absolute atomic E-state index is 11.3. The highest BCUT2D eigenvalue weighted by atomic mass is 16.5. The average Bonchev–Trinajstić information content (AvgIpc) is 2.28. The van der Waals surface area contributed by atoms with E-state index < -0.39 is 6.10 Å². The average molecular weight is 271 g/mol. The first-order valence-electron chi connectivity index (χ1n) is 7.39. The van der Waals surface area contributed by atoms with Crippen molar-refractivity contribution in [2.24, 2.45) is 11.3 Å². The fourth-order valence-electron chi connectivity index (χ4n) is 2.76. The van der Waals surface area contributed by atoms with Crippen LogP contribution >= 0.6 is 0 Å². The second kappa shape index (κ2) is 7.25. The SMILES string of the molecule is CCOC(=O)CC(O)CN1CCC(C(C)(C)C)CC1.